The molecule has 0 radical (unpaired) electrons. The normalized spacial score (nSPS) is 18.0. The van der Waals surface area contributed by atoms with E-state index in [1.165, 1.54) is 12.1 Å². The Morgan fingerprint density at radius 3 is 2.78 bits per heavy atom. The zero-order valence-electron chi connectivity index (χ0n) is 16.8. The maximum atomic E-state index is 11.2. The number of nitro benzene ring substituents is 1. The van der Waals surface area contributed by atoms with Gasteiger partial charge in [0.25, 0.3) is 5.69 Å². The molecule has 1 N–H and O–H groups in total. The van der Waals surface area contributed by atoms with Crippen molar-refractivity contribution in [1.82, 2.24) is 15.2 Å². The first kappa shape index (κ1) is 20.0. The first-order valence-electron chi connectivity index (χ1n) is 9.95. The van der Waals surface area contributed by atoms with Gasteiger partial charge in [-0.3, -0.25) is 15.1 Å². The van der Waals surface area contributed by atoms with Crippen molar-refractivity contribution < 1.29 is 13.8 Å². The van der Waals surface area contributed by atoms with Crippen LogP contribution in [0, 0.1) is 10.1 Å². The van der Waals surface area contributed by atoms with Gasteiger partial charge in [0.1, 0.15) is 23.3 Å². The first-order valence-corrected chi connectivity index (χ1v) is 10.4. The van der Waals surface area contributed by atoms with Crippen LogP contribution in [-0.2, 0) is 6.54 Å². The van der Waals surface area contributed by atoms with Crippen molar-refractivity contribution >= 4 is 23.0 Å². The van der Waals surface area contributed by atoms with Crippen LogP contribution in [0.4, 0.5) is 5.69 Å². The zero-order valence-corrected chi connectivity index (χ0v) is 17.6. The third-order valence-corrected chi connectivity index (χ3v) is 5.72. The van der Waals surface area contributed by atoms with Crippen molar-refractivity contribution in [2.75, 3.05) is 0 Å². The standard InChI is InChI=1S/C23H18N4O4S/c28-27(29)16-6-3-5-15(13-16)19-9-10-20(31-19)22-21(18-8-1-2-11-24-18)25-23(32)26(22)14-17-7-4-12-30-17/h1-13,21-22H,14H2,(H,25,32)/t21-,22-/m0/s1. The van der Waals surface area contributed by atoms with Gasteiger partial charge < -0.3 is 19.1 Å². The Morgan fingerprint density at radius 2 is 2.03 bits per heavy atom. The van der Waals surface area contributed by atoms with Crippen LogP contribution in [-0.4, -0.2) is 19.9 Å². The van der Waals surface area contributed by atoms with Crippen LogP contribution in [0.3, 0.4) is 0 Å². The van der Waals surface area contributed by atoms with E-state index in [4.69, 9.17) is 21.1 Å². The molecule has 1 fully saturated rings. The van der Waals surface area contributed by atoms with E-state index in [9.17, 15) is 10.1 Å². The third-order valence-electron chi connectivity index (χ3n) is 5.36. The van der Waals surface area contributed by atoms with Gasteiger partial charge in [-0.15, -0.1) is 0 Å². The number of furan rings is 2. The summed E-state index contributed by atoms with van der Waals surface area (Å²) in [4.78, 5) is 17.3. The SMILES string of the molecule is O=[N+]([O-])c1cccc(-c2ccc([C@H]3[C@H](c4ccccn4)NC(=S)N3Cc3ccco3)o2)c1. The van der Waals surface area contributed by atoms with E-state index in [0.717, 1.165) is 11.5 Å². The summed E-state index contributed by atoms with van der Waals surface area (Å²) in [6, 6.07) is 19.0. The van der Waals surface area contributed by atoms with E-state index in [1.54, 1.807) is 24.6 Å². The Hall–Kier alpha value is -3.98. The summed E-state index contributed by atoms with van der Waals surface area (Å²) in [7, 11) is 0. The second-order valence-electron chi connectivity index (χ2n) is 7.34. The van der Waals surface area contributed by atoms with Crippen molar-refractivity contribution in [3.63, 3.8) is 0 Å². The van der Waals surface area contributed by atoms with Gasteiger partial charge in [0.15, 0.2) is 5.11 Å². The molecule has 32 heavy (non-hydrogen) atoms. The molecule has 0 spiro atoms. The van der Waals surface area contributed by atoms with Crippen molar-refractivity contribution in [1.29, 1.82) is 0 Å². The van der Waals surface area contributed by atoms with Crippen molar-refractivity contribution in [3.05, 3.63) is 107 Å². The fourth-order valence-electron chi connectivity index (χ4n) is 3.89. The molecule has 0 aliphatic carbocycles. The quantitative estimate of drug-likeness (QED) is 0.251. The van der Waals surface area contributed by atoms with Gasteiger partial charge in [-0.25, -0.2) is 0 Å². The van der Waals surface area contributed by atoms with E-state index < -0.39 is 4.92 Å². The Labute approximate surface area is 188 Å². The van der Waals surface area contributed by atoms with Crippen LogP contribution in [0.15, 0.2) is 88.0 Å². The molecule has 1 saturated heterocycles. The number of rotatable bonds is 6. The van der Waals surface area contributed by atoms with Gasteiger partial charge >= 0.3 is 0 Å². The van der Waals surface area contributed by atoms with E-state index in [1.807, 2.05) is 47.4 Å². The number of aromatic nitrogens is 1. The summed E-state index contributed by atoms with van der Waals surface area (Å²) in [6.07, 6.45) is 3.36. The van der Waals surface area contributed by atoms with Gasteiger partial charge in [0.2, 0.25) is 0 Å². The molecule has 0 saturated carbocycles. The minimum absolute atomic E-state index is 0.00923. The van der Waals surface area contributed by atoms with Crippen LogP contribution < -0.4 is 5.32 Å². The lowest BCUT2D eigenvalue weighted by atomic mass is 10.0. The van der Waals surface area contributed by atoms with Crippen LogP contribution in [0.5, 0.6) is 0 Å². The Bertz CT molecular complexity index is 1260. The van der Waals surface area contributed by atoms with E-state index in [-0.39, 0.29) is 17.8 Å². The number of nitrogens with one attached hydrogen (secondary N) is 1. The number of nitro groups is 1. The molecule has 0 bridgehead atoms. The lowest BCUT2D eigenvalue weighted by molar-refractivity contribution is -0.384. The Morgan fingerprint density at radius 1 is 1.12 bits per heavy atom. The average Bonchev–Trinajstić information content (AvgIpc) is 3.56. The van der Waals surface area contributed by atoms with Crippen molar-refractivity contribution in [2.45, 2.75) is 18.6 Å². The number of hydrogen-bond acceptors (Lipinski definition) is 6. The number of non-ortho nitro benzene ring substituents is 1. The molecule has 8 nitrogen and oxygen atoms in total. The number of hydrogen-bond donors (Lipinski definition) is 1. The van der Waals surface area contributed by atoms with Crippen LogP contribution in [0.1, 0.15) is 29.3 Å². The predicted molar refractivity (Wildman–Crippen MR) is 121 cm³/mol. The van der Waals surface area contributed by atoms with Gasteiger partial charge in [-0.1, -0.05) is 18.2 Å². The minimum atomic E-state index is -0.422. The first-order chi connectivity index (χ1) is 15.6. The van der Waals surface area contributed by atoms with E-state index >= 15 is 0 Å². The molecular weight excluding hydrogens is 428 g/mol. The molecule has 160 valence electrons. The van der Waals surface area contributed by atoms with Gasteiger partial charge in [0.05, 0.1) is 29.5 Å². The lowest BCUT2D eigenvalue weighted by Gasteiger charge is -2.25. The van der Waals surface area contributed by atoms with Gasteiger partial charge in [-0.05, 0) is 48.6 Å². The highest BCUT2D eigenvalue weighted by Crippen LogP contribution is 2.41. The van der Waals surface area contributed by atoms with Gasteiger partial charge in [-0.2, -0.15) is 0 Å². The number of thiocarbonyl (C=S) groups is 1. The monoisotopic (exact) mass is 446 g/mol. The van der Waals surface area contributed by atoms with Crippen molar-refractivity contribution in [2.24, 2.45) is 0 Å². The molecule has 1 aromatic carbocycles. The average molecular weight is 446 g/mol. The second kappa shape index (κ2) is 8.27. The molecule has 0 unspecified atom stereocenters. The minimum Gasteiger partial charge on any atom is -0.467 e. The smallest absolute Gasteiger partial charge is 0.270 e. The van der Waals surface area contributed by atoms with Crippen LogP contribution in [0.2, 0.25) is 0 Å². The van der Waals surface area contributed by atoms with Crippen LogP contribution in [0.25, 0.3) is 11.3 Å². The summed E-state index contributed by atoms with van der Waals surface area (Å²) in [5.41, 5.74) is 1.47. The summed E-state index contributed by atoms with van der Waals surface area (Å²) < 4.78 is 11.8. The molecule has 4 aromatic rings. The van der Waals surface area contributed by atoms with Crippen molar-refractivity contribution in [3.8, 4) is 11.3 Å². The maximum Gasteiger partial charge on any atom is 0.270 e. The largest absolute Gasteiger partial charge is 0.467 e. The molecule has 5 rings (SSSR count). The molecule has 0 amide bonds. The topological polar surface area (TPSA) is 97.6 Å². The Kier molecular flexibility index (Phi) is 5.16. The number of pyridine rings is 1. The zero-order chi connectivity index (χ0) is 22.1. The lowest BCUT2D eigenvalue weighted by Crippen LogP contribution is -2.28. The number of benzene rings is 1. The predicted octanol–water partition coefficient (Wildman–Crippen LogP) is 5.02. The number of nitrogens with zero attached hydrogens (tertiary/aromatic N) is 3. The highest BCUT2D eigenvalue weighted by atomic mass is 32.1. The van der Waals surface area contributed by atoms with Crippen LogP contribution >= 0.6 is 12.2 Å². The molecule has 9 heteroatoms. The highest BCUT2D eigenvalue weighted by Gasteiger charge is 2.42. The summed E-state index contributed by atoms with van der Waals surface area (Å²) in [6.45, 7) is 0.458. The molecule has 3 aromatic heterocycles. The molecule has 2 atom stereocenters. The fourth-order valence-corrected chi connectivity index (χ4v) is 4.20. The Balaban J connectivity index is 1.53. The van der Waals surface area contributed by atoms with E-state index in [2.05, 4.69) is 10.3 Å². The summed E-state index contributed by atoms with van der Waals surface area (Å²) in [5, 5.41) is 15.1. The summed E-state index contributed by atoms with van der Waals surface area (Å²) in [5.74, 6) is 1.98. The molecule has 4 heterocycles. The maximum absolute atomic E-state index is 11.2. The molecule has 1 aliphatic heterocycles. The highest BCUT2D eigenvalue weighted by molar-refractivity contribution is 7.80. The summed E-state index contributed by atoms with van der Waals surface area (Å²) >= 11 is 5.64. The third kappa shape index (κ3) is 3.74. The van der Waals surface area contributed by atoms with Gasteiger partial charge in [0, 0.05) is 23.9 Å². The van der Waals surface area contributed by atoms with E-state index in [0.29, 0.717) is 28.7 Å². The molecule has 1 aliphatic rings. The molecular formula is C23H18N4O4S. The second-order valence-corrected chi connectivity index (χ2v) is 7.73. The fraction of sp³-hybridized carbons (Fsp3) is 0.130.